The van der Waals surface area contributed by atoms with Gasteiger partial charge in [-0.1, -0.05) is 6.92 Å². The zero-order chi connectivity index (χ0) is 11.0. The van der Waals surface area contributed by atoms with E-state index >= 15 is 0 Å². The minimum Gasteiger partial charge on any atom is -0.396 e. The highest BCUT2D eigenvalue weighted by Crippen LogP contribution is 2.02. The van der Waals surface area contributed by atoms with E-state index in [0.29, 0.717) is 13.0 Å². The Labute approximate surface area is 84.8 Å². The van der Waals surface area contributed by atoms with E-state index < -0.39 is 15.8 Å². The number of hydrogen-bond acceptors (Lipinski definition) is 4. The molecule has 0 radical (unpaired) electrons. The Bertz CT molecular complexity index is 281. The van der Waals surface area contributed by atoms with Gasteiger partial charge >= 0.3 is 0 Å². The molecule has 0 aromatic carbocycles. The zero-order valence-electron chi connectivity index (χ0n) is 8.23. The lowest BCUT2D eigenvalue weighted by Gasteiger charge is -2.07. The second-order valence-corrected chi connectivity index (χ2v) is 5.05. The molecule has 0 aromatic rings. The van der Waals surface area contributed by atoms with Crippen molar-refractivity contribution in [3.63, 3.8) is 0 Å². The molecule has 0 saturated heterocycles. The fraction of sp³-hybridized carbons (Fsp3) is 0.875. The van der Waals surface area contributed by atoms with Crippen LogP contribution in [0.3, 0.4) is 0 Å². The van der Waals surface area contributed by atoms with Crippen LogP contribution in [0.1, 0.15) is 19.8 Å². The molecule has 14 heavy (non-hydrogen) atoms. The van der Waals surface area contributed by atoms with Gasteiger partial charge in [-0.15, -0.1) is 0 Å². The maximum Gasteiger partial charge on any atom is 0.225 e. The highest BCUT2D eigenvalue weighted by atomic mass is 32.2. The molecule has 2 N–H and O–H groups in total. The fourth-order valence-corrected chi connectivity index (χ4v) is 1.63. The molecule has 0 aromatic heterocycles. The average Bonchev–Trinajstić information content (AvgIpc) is 2.12. The molecule has 1 atom stereocenters. The lowest BCUT2D eigenvalue weighted by Crippen LogP contribution is -2.27. The molecular weight excluding hydrogens is 204 g/mol. The van der Waals surface area contributed by atoms with Gasteiger partial charge in [0.15, 0.2) is 5.75 Å². The summed E-state index contributed by atoms with van der Waals surface area (Å²) in [4.78, 5) is 0. The lowest BCUT2D eigenvalue weighted by molar-refractivity contribution is 0.228. The normalized spacial score (nSPS) is 13.5. The molecular formula is C8H16N2O3S. The Kier molecular flexibility index (Phi) is 6.45. The minimum atomic E-state index is -3.41. The Balaban J connectivity index is 3.60. The molecule has 0 aliphatic rings. The predicted molar refractivity (Wildman–Crippen MR) is 52.9 cm³/mol. The average molecular weight is 220 g/mol. The third-order valence-electron chi connectivity index (χ3n) is 1.76. The van der Waals surface area contributed by atoms with Crippen LogP contribution < -0.4 is 4.72 Å². The van der Waals surface area contributed by atoms with Gasteiger partial charge in [0.25, 0.3) is 0 Å². The van der Waals surface area contributed by atoms with Crippen LogP contribution >= 0.6 is 0 Å². The molecule has 0 amide bonds. The van der Waals surface area contributed by atoms with Gasteiger partial charge in [-0.2, -0.15) is 5.26 Å². The van der Waals surface area contributed by atoms with Gasteiger partial charge in [-0.05, 0) is 18.8 Å². The van der Waals surface area contributed by atoms with E-state index in [2.05, 4.69) is 4.72 Å². The number of aliphatic hydroxyl groups excluding tert-OH is 1. The van der Waals surface area contributed by atoms with Gasteiger partial charge in [0.05, 0.1) is 6.07 Å². The predicted octanol–water partition coefficient (Wildman–Crippen LogP) is -0.162. The fourth-order valence-electron chi connectivity index (χ4n) is 0.905. The minimum absolute atomic E-state index is 0.116. The summed E-state index contributed by atoms with van der Waals surface area (Å²) in [5.74, 6) is -0.307. The van der Waals surface area contributed by atoms with Gasteiger partial charge in [-0.3, -0.25) is 0 Å². The Morgan fingerprint density at radius 1 is 1.57 bits per heavy atom. The second kappa shape index (κ2) is 6.76. The van der Waals surface area contributed by atoms with Crippen LogP contribution in [0.25, 0.3) is 0 Å². The lowest BCUT2D eigenvalue weighted by atomic mass is 10.1. The van der Waals surface area contributed by atoms with Crippen LogP contribution in [0.15, 0.2) is 0 Å². The summed E-state index contributed by atoms with van der Waals surface area (Å²) >= 11 is 0. The Morgan fingerprint density at radius 3 is 2.71 bits per heavy atom. The Hall–Kier alpha value is -0.640. The first-order chi connectivity index (χ1) is 6.52. The molecule has 0 rings (SSSR count). The van der Waals surface area contributed by atoms with E-state index in [1.165, 1.54) is 0 Å². The van der Waals surface area contributed by atoms with Crippen molar-refractivity contribution in [1.82, 2.24) is 4.72 Å². The van der Waals surface area contributed by atoms with E-state index in [1.807, 2.05) is 6.92 Å². The second-order valence-electron chi connectivity index (χ2n) is 3.24. The van der Waals surface area contributed by atoms with Crippen LogP contribution in [-0.4, -0.2) is 32.4 Å². The molecule has 0 aliphatic carbocycles. The summed E-state index contributed by atoms with van der Waals surface area (Å²) in [7, 11) is -3.41. The van der Waals surface area contributed by atoms with E-state index in [0.717, 1.165) is 6.42 Å². The number of nitriles is 1. The summed E-state index contributed by atoms with van der Waals surface area (Å²) < 4.78 is 24.2. The van der Waals surface area contributed by atoms with Crippen molar-refractivity contribution in [2.45, 2.75) is 19.8 Å². The summed E-state index contributed by atoms with van der Waals surface area (Å²) in [6, 6.07) is 1.58. The summed E-state index contributed by atoms with van der Waals surface area (Å²) in [6.07, 6.45) is 1.44. The van der Waals surface area contributed by atoms with Crippen LogP contribution in [0.5, 0.6) is 0 Å². The van der Waals surface area contributed by atoms with Crippen LogP contribution in [0.4, 0.5) is 0 Å². The number of rotatable bonds is 7. The van der Waals surface area contributed by atoms with E-state index in [4.69, 9.17) is 10.4 Å². The maximum absolute atomic E-state index is 11.0. The highest BCUT2D eigenvalue weighted by molar-refractivity contribution is 7.89. The van der Waals surface area contributed by atoms with Gasteiger partial charge in [0.1, 0.15) is 0 Å². The van der Waals surface area contributed by atoms with Crippen molar-refractivity contribution < 1.29 is 13.5 Å². The largest absolute Gasteiger partial charge is 0.396 e. The molecule has 0 heterocycles. The van der Waals surface area contributed by atoms with Gasteiger partial charge in [0.2, 0.25) is 10.0 Å². The summed E-state index contributed by atoms with van der Waals surface area (Å²) in [6.45, 7) is 2.34. The summed E-state index contributed by atoms with van der Waals surface area (Å²) in [5, 5.41) is 16.9. The topological polar surface area (TPSA) is 90.2 Å². The quantitative estimate of drug-likeness (QED) is 0.583. The molecule has 5 nitrogen and oxygen atoms in total. The Morgan fingerprint density at radius 2 is 2.21 bits per heavy atom. The number of nitrogens with zero attached hydrogens (tertiary/aromatic N) is 1. The first-order valence-electron chi connectivity index (χ1n) is 4.47. The van der Waals surface area contributed by atoms with Crippen molar-refractivity contribution in [2.75, 3.05) is 18.9 Å². The first kappa shape index (κ1) is 13.4. The molecule has 0 spiro atoms. The molecule has 0 bridgehead atoms. The number of aliphatic hydroxyl groups is 1. The first-order valence-corrected chi connectivity index (χ1v) is 6.12. The monoisotopic (exact) mass is 220 g/mol. The molecule has 82 valence electrons. The van der Waals surface area contributed by atoms with Gasteiger partial charge < -0.3 is 5.11 Å². The molecule has 1 unspecified atom stereocenters. The van der Waals surface area contributed by atoms with Crippen molar-refractivity contribution >= 4 is 10.0 Å². The van der Waals surface area contributed by atoms with Crippen molar-refractivity contribution in [2.24, 2.45) is 5.92 Å². The molecule has 0 aliphatic heterocycles. The molecule has 0 saturated carbocycles. The van der Waals surface area contributed by atoms with Crippen molar-refractivity contribution in [1.29, 1.82) is 5.26 Å². The van der Waals surface area contributed by atoms with Crippen LogP contribution in [-0.2, 0) is 10.0 Å². The number of sulfonamides is 1. The molecule has 6 heteroatoms. The third kappa shape index (κ3) is 6.83. The number of nitrogens with one attached hydrogen (secondary N) is 1. The zero-order valence-corrected chi connectivity index (χ0v) is 9.05. The van der Waals surface area contributed by atoms with Crippen LogP contribution in [0, 0.1) is 17.2 Å². The van der Waals surface area contributed by atoms with Crippen molar-refractivity contribution in [3.8, 4) is 6.07 Å². The summed E-state index contributed by atoms with van der Waals surface area (Å²) in [5.41, 5.74) is 0. The van der Waals surface area contributed by atoms with Crippen molar-refractivity contribution in [3.05, 3.63) is 0 Å². The molecule has 0 fully saturated rings. The van der Waals surface area contributed by atoms with Gasteiger partial charge in [0, 0.05) is 13.2 Å². The smallest absolute Gasteiger partial charge is 0.225 e. The highest BCUT2D eigenvalue weighted by Gasteiger charge is 2.08. The van der Waals surface area contributed by atoms with E-state index in [9.17, 15) is 8.42 Å². The third-order valence-corrected chi connectivity index (χ3v) is 2.92. The van der Waals surface area contributed by atoms with Crippen LogP contribution in [0.2, 0.25) is 0 Å². The maximum atomic E-state index is 11.0. The number of hydrogen-bond donors (Lipinski definition) is 2. The van der Waals surface area contributed by atoms with E-state index in [1.54, 1.807) is 6.07 Å². The van der Waals surface area contributed by atoms with E-state index in [-0.39, 0.29) is 12.5 Å². The SMILES string of the molecule is CC(CO)CCCNS(=O)(=O)CC#N. The van der Waals surface area contributed by atoms with Gasteiger partial charge in [-0.25, -0.2) is 13.1 Å². The standard InChI is InChI=1S/C8H16N2O3S/c1-8(7-11)3-2-5-10-14(12,13)6-4-9/h8,10-11H,2-3,5-7H2,1H3.